The van der Waals surface area contributed by atoms with Crippen molar-refractivity contribution >= 4 is 54.6 Å². The second-order valence-electron chi connectivity index (χ2n) is 16.3. The summed E-state index contributed by atoms with van der Waals surface area (Å²) >= 11 is 0. The van der Waals surface area contributed by atoms with Crippen molar-refractivity contribution < 1.29 is 30.4 Å². The van der Waals surface area contributed by atoms with Crippen LogP contribution in [0.15, 0.2) is 225 Å². The summed E-state index contributed by atoms with van der Waals surface area (Å²) in [5.74, 6) is 1.96. The van der Waals surface area contributed by atoms with Crippen molar-refractivity contribution in [1.29, 1.82) is 0 Å². The van der Waals surface area contributed by atoms with Gasteiger partial charge in [-0.15, -0.1) is 29.7 Å². The first-order valence-electron chi connectivity index (χ1n) is 22.1. The topological polar surface area (TPSA) is 40.8 Å². The number of aromatic nitrogens is 5. The van der Waals surface area contributed by atoms with Crippen LogP contribution in [0.2, 0.25) is 0 Å². The number of imidazole rings is 1. The molecule has 0 amide bonds. The zero-order valence-electron chi connectivity index (χ0n) is 35.8. The van der Waals surface area contributed by atoms with Crippen LogP contribution < -0.4 is 9.30 Å². The Kier molecular flexibility index (Phi) is 9.96. The first kappa shape index (κ1) is 40.2. The summed E-state index contributed by atoms with van der Waals surface area (Å²) in [6, 6.07) is 83.1. The molecule has 4 heterocycles. The van der Waals surface area contributed by atoms with Crippen molar-refractivity contribution in [3.63, 3.8) is 0 Å². The number of para-hydroxylation sites is 6. The first-order valence-corrected chi connectivity index (χ1v) is 22.1. The summed E-state index contributed by atoms with van der Waals surface area (Å²) in [5.41, 5.74) is 13.5. The molecule has 9 aromatic carbocycles. The second kappa shape index (κ2) is 16.6. The van der Waals surface area contributed by atoms with Crippen LogP contribution in [0.3, 0.4) is 0 Å². The van der Waals surface area contributed by atoms with Crippen molar-refractivity contribution in [2.75, 3.05) is 0 Å². The molecule has 0 saturated heterocycles. The molecule has 320 valence electrons. The number of hydrogen-bond acceptors (Lipinski definition) is 2. The molecule has 0 saturated carbocycles. The molecule has 4 aromatic heterocycles. The predicted octanol–water partition coefficient (Wildman–Crippen LogP) is 14.0. The van der Waals surface area contributed by atoms with Crippen LogP contribution in [0.4, 0.5) is 0 Å². The molecule has 0 aliphatic heterocycles. The maximum Gasteiger partial charge on any atom is 0.268 e. The van der Waals surface area contributed by atoms with Crippen LogP contribution in [0, 0.1) is 18.5 Å². The first-order chi connectivity index (χ1) is 32.8. The fourth-order valence-corrected chi connectivity index (χ4v) is 9.71. The molecule has 0 aliphatic rings. The Morgan fingerprint density at radius 1 is 0.448 bits per heavy atom. The fourth-order valence-electron chi connectivity index (χ4n) is 9.71. The van der Waals surface area contributed by atoms with Crippen molar-refractivity contribution in [3.05, 3.63) is 243 Å². The Labute approximate surface area is 401 Å². The molecule has 13 rings (SSSR count). The van der Waals surface area contributed by atoms with E-state index in [2.05, 4.69) is 231 Å². The summed E-state index contributed by atoms with van der Waals surface area (Å²) < 4.78 is 15.5. The minimum Gasteiger partial charge on any atom is -0.510 e. The Hall–Kier alpha value is -8.31. The largest absolute Gasteiger partial charge is 0.510 e. The maximum absolute atomic E-state index is 6.73. The zero-order chi connectivity index (χ0) is 43.6. The van der Waals surface area contributed by atoms with Gasteiger partial charge in [0.2, 0.25) is 0 Å². The van der Waals surface area contributed by atoms with Gasteiger partial charge in [0.05, 0.1) is 33.1 Å². The van der Waals surface area contributed by atoms with E-state index in [0.29, 0.717) is 11.5 Å². The molecular weight excluding hydrogens is 1000 g/mol. The van der Waals surface area contributed by atoms with E-state index in [1.165, 1.54) is 0 Å². The van der Waals surface area contributed by atoms with Crippen LogP contribution in [0.25, 0.3) is 99.8 Å². The van der Waals surface area contributed by atoms with E-state index in [-0.39, 0.29) is 21.1 Å². The Morgan fingerprint density at radius 3 is 1.78 bits per heavy atom. The molecule has 67 heavy (non-hydrogen) atoms. The van der Waals surface area contributed by atoms with Crippen molar-refractivity contribution in [2.24, 2.45) is 0 Å². The van der Waals surface area contributed by atoms with Gasteiger partial charge in [0.1, 0.15) is 5.82 Å². The van der Waals surface area contributed by atoms with Crippen LogP contribution in [-0.2, 0) is 21.1 Å². The molecule has 0 aliphatic carbocycles. The number of rotatable bonds is 8. The third-order valence-corrected chi connectivity index (χ3v) is 12.6. The molecule has 0 unspecified atom stereocenters. The summed E-state index contributed by atoms with van der Waals surface area (Å²) in [4.78, 5) is 5.13. The van der Waals surface area contributed by atoms with E-state index in [1.54, 1.807) is 0 Å². The number of nitrogens with zero attached hydrogens (tertiary/aromatic N) is 5. The van der Waals surface area contributed by atoms with Gasteiger partial charge in [-0.1, -0.05) is 163 Å². The summed E-state index contributed by atoms with van der Waals surface area (Å²) in [5, 5.41) is 4.36. The molecule has 0 radical (unpaired) electrons. The van der Waals surface area contributed by atoms with E-state index >= 15 is 0 Å². The van der Waals surface area contributed by atoms with E-state index < -0.39 is 0 Å². The minimum atomic E-state index is 0. The fraction of sp³-hybridized carbons (Fsp3) is 0. The van der Waals surface area contributed by atoms with E-state index in [4.69, 9.17) is 9.72 Å². The number of fused-ring (bicyclic) bond motifs is 7. The third-order valence-electron chi connectivity index (χ3n) is 12.6. The zero-order valence-corrected chi connectivity index (χ0v) is 38.1. The van der Waals surface area contributed by atoms with Gasteiger partial charge in [-0.2, -0.15) is 18.2 Å². The second-order valence-corrected chi connectivity index (χ2v) is 16.3. The van der Waals surface area contributed by atoms with Gasteiger partial charge in [-0.3, -0.25) is 4.57 Å². The van der Waals surface area contributed by atoms with Crippen LogP contribution >= 0.6 is 0 Å². The maximum atomic E-state index is 6.73. The Balaban J connectivity index is 0.00000468. The number of pyridine rings is 1. The average molecular weight is 1040 g/mol. The van der Waals surface area contributed by atoms with Gasteiger partial charge >= 0.3 is 0 Å². The van der Waals surface area contributed by atoms with Crippen molar-refractivity contribution in [1.82, 2.24) is 18.7 Å². The van der Waals surface area contributed by atoms with Gasteiger partial charge in [-0.05, 0) is 63.7 Å². The van der Waals surface area contributed by atoms with Crippen LogP contribution in [-0.4, -0.2) is 18.7 Å². The molecule has 7 heteroatoms. The van der Waals surface area contributed by atoms with E-state index in [9.17, 15) is 0 Å². The molecule has 0 fully saturated rings. The van der Waals surface area contributed by atoms with Gasteiger partial charge in [-0.25, -0.2) is 4.98 Å². The quantitative estimate of drug-likeness (QED) is 0.112. The standard InChI is InChI=1S/C60H37N5O.Pt/c1-4-18-41(19-5-1)47-28-17-29-48(42-20-6-2-7-21-42)59(47)63-40-62(54-32-14-15-33-55(54)63)44-24-16-25-45(38-44)66-46-34-35-50-49-26-10-12-30-52(49)65(57(50)39-46)60-58-51-27-11-13-31-53(51)64(56(58)36-37-61-60)43-22-8-3-9-23-43;/h1-37H;/q-2;. The number of hydrogen-bond donors (Lipinski definition) is 0. The van der Waals surface area contributed by atoms with Crippen molar-refractivity contribution in [3.8, 4) is 56.6 Å². The van der Waals surface area contributed by atoms with Crippen LogP contribution in [0.1, 0.15) is 0 Å². The van der Waals surface area contributed by atoms with Crippen molar-refractivity contribution in [2.45, 2.75) is 0 Å². The van der Waals surface area contributed by atoms with Gasteiger partial charge in [0.15, 0.2) is 0 Å². The van der Waals surface area contributed by atoms with Gasteiger partial charge in [0.25, 0.3) is 6.33 Å². The normalized spacial score (nSPS) is 11.5. The molecule has 13 aromatic rings. The van der Waals surface area contributed by atoms with Gasteiger partial charge < -0.3 is 18.4 Å². The summed E-state index contributed by atoms with van der Waals surface area (Å²) in [6.45, 7) is 0. The monoisotopic (exact) mass is 1040 g/mol. The molecular formula is C60H37N5OPt-2. The smallest absolute Gasteiger partial charge is 0.268 e. The summed E-state index contributed by atoms with van der Waals surface area (Å²) in [7, 11) is 0. The molecule has 0 N–H and O–H groups in total. The van der Waals surface area contributed by atoms with Crippen LogP contribution in [0.5, 0.6) is 11.5 Å². The average Bonchev–Trinajstić information content (AvgIpc) is 4.05. The predicted molar refractivity (Wildman–Crippen MR) is 265 cm³/mol. The third kappa shape index (κ3) is 6.68. The SMILES string of the molecule is [Pt].[c-]1c(Oc2[c-]c3c(cc2)c2ccccc2n3-c2nccc3c2c2ccccc2n3-c2ccccc2)cccc1-n1[c-][n+](-c2c(-c3ccccc3)cccc2-c2ccccc2)c2ccccc21. The molecule has 0 atom stereocenters. The number of benzene rings is 9. The van der Waals surface area contributed by atoms with E-state index in [1.807, 2.05) is 30.5 Å². The van der Waals surface area contributed by atoms with Gasteiger partial charge in [0, 0.05) is 55.4 Å². The van der Waals surface area contributed by atoms with E-state index in [0.717, 1.165) is 99.8 Å². The molecule has 0 spiro atoms. The summed E-state index contributed by atoms with van der Waals surface area (Å²) in [6.07, 6.45) is 5.67. The Morgan fingerprint density at radius 2 is 1.04 bits per heavy atom. The Bertz CT molecular complexity index is 3910. The molecule has 0 bridgehead atoms. The molecule has 6 nitrogen and oxygen atoms in total. The minimum absolute atomic E-state index is 0. The number of ether oxygens (including phenoxy) is 1.